The second-order valence-corrected chi connectivity index (χ2v) is 8.64. The molecule has 144 valence electrons. The average molecular weight is 409 g/mol. The Kier molecular flexibility index (Phi) is 6.16. The van der Waals surface area contributed by atoms with E-state index in [9.17, 15) is 13.2 Å². The molecule has 0 aromatic heterocycles. The number of esters is 1. The van der Waals surface area contributed by atoms with Crippen molar-refractivity contribution in [3.05, 3.63) is 64.7 Å². The van der Waals surface area contributed by atoms with Crippen LogP contribution in [0, 0.1) is 0 Å². The van der Waals surface area contributed by atoms with E-state index >= 15 is 0 Å². The minimum absolute atomic E-state index is 0.0444. The predicted molar refractivity (Wildman–Crippen MR) is 103 cm³/mol. The van der Waals surface area contributed by atoms with E-state index in [1.807, 2.05) is 18.2 Å². The van der Waals surface area contributed by atoms with Gasteiger partial charge in [0.15, 0.2) is 0 Å². The van der Waals surface area contributed by atoms with Gasteiger partial charge in [-0.2, -0.15) is 4.31 Å². The highest BCUT2D eigenvalue weighted by atomic mass is 35.5. The Hall–Kier alpha value is -1.93. The van der Waals surface area contributed by atoms with Crippen LogP contribution < -0.4 is 0 Å². The molecule has 2 aromatic rings. The molecule has 0 saturated carbocycles. The van der Waals surface area contributed by atoms with Crippen molar-refractivity contribution in [2.75, 3.05) is 33.3 Å². The lowest BCUT2D eigenvalue weighted by atomic mass is 10.2. The van der Waals surface area contributed by atoms with Crippen LogP contribution in [0.2, 0.25) is 5.02 Å². The number of ether oxygens (including phenoxy) is 1. The first-order valence-corrected chi connectivity index (χ1v) is 10.4. The molecule has 2 aromatic carbocycles. The van der Waals surface area contributed by atoms with E-state index in [0.717, 1.165) is 6.54 Å². The molecule has 3 rings (SSSR count). The Bertz CT molecular complexity index is 911. The SMILES string of the molecule is COC(=O)c1cc(S(=O)(=O)N2CCN(Cc3ccccc3)CC2)ccc1Cl. The van der Waals surface area contributed by atoms with Gasteiger partial charge >= 0.3 is 5.97 Å². The molecule has 1 aliphatic rings. The van der Waals surface area contributed by atoms with E-state index in [4.69, 9.17) is 11.6 Å². The van der Waals surface area contributed by atoms with Gasteiger partial charge in [-0.3, -0.25) is 4.90 Å². The molecule has 1 aliphatic heterocycles. The smallest absolute Gasteiger partial charge is 0.339 e. The lowest BCUT2D eigenvalue weighted by Crippen LogP contribution is -2.48. The van der Waals surface area contributed by atoms with Crippen molar-refractivity contribution >= 4 is 27.6 Å². The molecule has 0 aliphatic carbocycles. The highest BCUT2D eigenvalue weighted by Crippen LogP contribution is 2.24. The molecule has 0 bridgehead atoms. The number of hydrogen-bond donors (Lipinski definition) is 0. The zero-order valence-corrected chi connectivity index (χ0v) is 16.5. The summed E-state index contributed by atoms with van der Waals surface area (Å²) in [5.41, 5.74) is 1.25. The fourth-order valence-electron chi connectivity index (χ4n) is 3.05. The second-order valence-electron chi connectivity index (χ2n) is 6.30. The number of sulfonamides is 1. The molecule has 6 nitrogen and oxygen atoms in total. The molecular weight excluding hydrogens is 388 g/mol. The molecular formula is C19H21ClN2O4S. The zero-order chi connectivity index (χ0) is 19.4. The van der Waals surface area contributed by atoms with Crippen molar-refractivity contribution < 1.29 is 17.9 Å². The van der Waals surface area contributed by atoms with E-state index in [2.05, 4.69) is 21.8 Å². The van der Waals surface area contributed by atoms with Crippen molar-refractivity contribution in [3.63, 3.8) is 0 Å². The number of hydrogen-bond acceptors (Lipinski definition) is 5. The van der Waals surface area contributed by atoms with Gasteiger partial charge in [0.2, 0.25) is 10.0 Å². The fraction of sp³-hybridized carbons (Fsp3) is 0.316. The molecule has 0 unspecified atom stereocenters. The van der Waals surface area contributed by atoms with Gasteiger partial charge in [0.1, 0.15) is 0 Å². The Labute approximate surface area is 164 Å². The number of carbonyl (C=O) groups is 1. The number of nitrogens with zero attached hydrogens (tertiary/aromatic N) is 2. The minimum Gasteiger partial charge on any atom is -0.465 e. The first kappa shape index (κ1) is 19.8. The summed E-state index contributed by atoms with van der Waals surface area (Å²) in [6.07, 6.45) is 0. The molecule has 0 amide bonds. The van der Waals surface area contributed by atoms with Crippen LogP contribution in [0.25, 0.3) is 0 Å². The van der Waals surface area contributed by atoms with E-state index in [0.29, 0.717) is 26.2 Å². The summed E-state index contributed by atoms with van der Waals surface area (Å²) in [5, 5.41) is 0.161. The van der Waals surface area contributed by atoms with Crippen LogP contribution in [0.1, 0.15) is 15.9 Å². The second kappa shape index (κ2) is 8.39. The summed E-state index contributed by atoms with van der Waals surface area (Å²) in [4.78, 5) is 14.1. The molecule has 0 radical (unpaired) electrons. The van der Waals surface area contributed by atoms with E-state index in [-0.39, 0.29) is 15.5 Å². The predicted octanol–water partition coefficient (Wildman–Crippen LogP) is 2.63. The Balaban J connectivity index is 1.71. The van der Waals surface area contributed by atoms with Crippen LogP contribution in [0.5, 0.6) is 0 Å². The van der Waals surface area contributed by atoms with Gasteiger partial charge in [-0.25, -0.2) is 13.2 Å². The quantitative estimate of drug-likeness (QED) is 0.711. The number of methoxy groups -OCH3 is 1. The number of piperazine rings is 1. The third-order valence-corrected chi connectivity index (χ3v) is 6.79. The first-order chi connectivity index (χ1) is 12.9. The average Bonchev–Trinajstić information content (AvgIpc) is 2.69. The maximum Gasteiger partial charge on any atom is 0.339 e. The van der Waals surface area contributed by atoms with Crippen molar-refractivity contribution in [2.45, 2.75) is 11.4 Å². The molecule has 0 N–H and O–H groups in total. The number of halogens is 1. The normalized spacial score (nSPS) is 16.2. The molecule has 0 atom stereocenters. The minimum atomic E-state index is -3.70. The fourth-order valence-corrected chi connectivity index (χ4v) is 4.69. The lowest BCUT2D eigenvalue weighted by Gasteiger charge is -2.34. The van der Waals surface area contributed by atoms with Crippen molar-refractivity contribution in [1.29, 1.82) is 0 Å². The molecule has 1 saturated heterocycles. The summed E-state index contributed by atoms with van der Waals surface area (Å²) in [5.74, 6) is -0.662. The van der Waals surface area contributed by atoms with Crippen LogP contribution in [0.3, 0.4) is 0 Å². The molecule has 27 heavy (non-hydrogen) atoms. The largest absolute Gasteiger partial charge is 0.465 e. The summed E-state index contributed by atoms with van der Waals surface area (Å²) in [7, 11) is -2.47. The van der Waals surface area contributed by atoms with Crippen LogP contribution in [0.15, 0.2) is 53.4 Å². The van der Waals surface area contributed by atoms with Gasteiger partial charge in [0, 0.05) is 32.7 Å². The summed E-state index contributed by atoms with van der Waals surface area (Å²) in [6.45, 7) is 2.87. The maximum atomic E-state index is 12.9. The monoisotopic (exact) mass is 408 g/mol. The van der Waals surface area contributed by atoms with Crippen molar-refractivity contribution in [2.24, 2.45) is 0 Å². The van der Waals surface area contributed by atoms with Crippen LogP contribution in [-0.2, 0) is 21.3 Å². The van der Waals surface area contributed by atoms with Gasteiger partial charge in [-0.05, 0) is 23.8 Å². The Morgan fingerprint density at radius 3 is 2.37 bits per heavy atom. The summed E-state index contributed by atoms with van der Waals surface area (Å²) >= 11 is 5.99. The molecule has 1 heterocycles. The lowest BCUT2D eigenvalue weighted by molar-refractivity contribution is 0.0600. The van der Waals surface area contributed by atoms with Gasteiger partial charge in [-0.15, -0.1) is 0 Å². The molecule has 1 fully saturated rings. The summed E-state index contributed by atoms with van der Waals surface area (Å²) < 4.78 is 32.0. The summed E-state index contributed by atoms with van der Waals surface area (Å²) in [6, 6.07) is 14.2. The Morgan fingerprint density at radius 1 is 1.07 bits per heavy atom. The standard InChI is InChI=1S/C19H21ClN2O4S/c1-26-19(23)17-13-16(7-8-18(17)20)27(24,25)22-11-9-21(10-12-22)14-15-5-3-2-4-6-15/h2-8,13H,9-12,14H2,1H3. The van der Waals surface area contributed by atoms with Crippen LogP contribution >= 0.6 is 11.6 Å². The molecule has 8 heteroatoms. The van der Waals surface area contributed by atoms with Gasteiger partial charge in [-0.1, -0.05) is 41.9 Å². The van der Waals surface area contributed by atoms with E-state index in [1.54, 1.807) is 0 Å². The van der Waals surface area contributed by atoms with Crippen LogP contribution in [0.4, 0.5) is 0 Å². The van der Waals surface area contributed by atoms with E-state index < -0.39 is 16.0 Å². The Morgan fingerprint density at radius 2 is 1.74 bits per heavy atom. The van der Waals surface area contributed by atoms with E-state index in [1.165, 1.54) is 35.2 Å². The number of benzene rings is 2. The number of rotatable bonds is 5. The van der Waals surface area contributed by atoms with Gasteiger partial charge < -0.3 is 4.74 Å². The first-order valence-electron chi connectivity index (χ1n) is 8.56. The third-order valence-electron chi connectivity index (χ3n) is 4.56. The highest BCUT2D eigenvalue weighted by Gasteiger charge is 2.29. The third kappa shape index (κ3) is 4.50. The van der Waals surface area contributed by atoms with Crippen LogP contribution in [-0.4, -0.2) is 56.9 Å². The van der Waals surface area contributed by atoms with Crippen molar-refractivity contribution in [3.8, 4) is 0 Å². The highest BCUT2D eigenvalue weighted by molar-refractivity contribution is 7.89. The maximum absolute atomic E-state index is 12.9. The van der Waals surface area contributed by atoms with Crippen molar-refractivity contribution in [1.82, 2.24) is 9.21 Å². The zero-order valence-electron chi connectivity index (χ0n) is 15.0. The number of carbonyl (C=O) groups excluding carboxylic acids is 1. The topological polar surface area (TPSA) is 66.9 Å². The van der Waals surface area contributed by atoms with Gasteiger partial charge in [0.25, 0.3) is 0 Å². The van der Waals surface area contributed by atoms with Gasteiger partial charge in [0.05, 0.1) is 22.6 Å². The molecule has 0 spiro atoms.